The minimum atomic E-state index is -0.691. The van der Waals surface area contributed by atoms with Gasteiger partial charge in [0.15, 0.2) is 0 Å². The first-order valence-corrected chi connectivity index (χ1v) is 10.0. The average molecular weight is 349 g/mol. The number of rotatable bonds is 7. The molecule has 0 radical (unpaired) electrons. The fourth-order valence-electron chi connectivity index (χ4n) is 5.70. The Kier molecular flexibility index (Phi) is 6.17. The third-order valence-electron chi connectivity index (χ3n) is 7.51. The van der Waals surface area contributed by atoms with Crippen LogP contribution < -0.4 is 0 Å². The van der Waals surface area contributed by atoms with Crippen molar-refractivity contribution in [2.75, 3.05) is 0 Å². The lowest BCUT2D eigenvalue weighted by Crippen LogP contribution is -2.50. The van der Waals surface area contributed by atoms with Crippen LogP contribution in [0.15, 0.2) is 11.6 Å². The van der Waals surface area contributed by atoms with E-state index in [1.807, 2.05) is 0 Å². The summed E-state index contributed by atoms with van der Waals surface area (Å²) < 4.78 is 0. The third kappa shape index (κ3) is 4.17. The van der Waals surface area contributed by atoms with Crippen LogP contribution in [0.2, 0.25) is 0 Å². The van der Waals surface area contributed by atoms with Gasteiger partial charge in [-0.05, 0) is 74.0 Å². The average Bonchev–Trinajstić information content (AvgIpc) is 2.50. The number of fused-ring (bicyclic) bond motifs is 1. The quantitative estimate of drug-likeness (QED) is 0.606. The van der Waals surface area contributed by atoms with Crippen LogP contribution in [0.3, 0.4) is 0 Å². The van der Waals surface area contributed by atoms with Crippen LogP contribution >= 0.6 is 0 Å². The van der Waals surface area contributed by atoms with E-state index in [2.05, 4.69) is 33.8 Å². The molecular weight excluding hydrogens is 312 g/mol. The molecule has 0 aromatic carbocycles. The van der Waals surface area contributed by atoms with Crippen LogP contribution in [0, 0.1) is 28.6 Å². The van der Waals surface area contributed by atoms with Crippen LogP contribution in [0.25, 0.3) is 0 Å². The summed E-state index contributed by atoms with van der Waals surface area (Å²) in [5, 5.41) is 9.04. The second-order valence-corrected chi connectivity index (χ2v) is 9.34. The van der Waals surface area contributed by atoms with Gasteiger partial charge in [0.2, 0.25) is 0 Å². The van der Waals surface area contributed by atoms with Crippen molar-refractivity contribution < 1.29 is 14.7 Å². The van der Waals surface area contributed by atoms with Crippen LogP contribution in [-0.2, 0) is 9.59 Å². The van der Waals surface area contributed by atoms with Crippen LogP contribution in [0.1, 0.15) is 86.0 Å². The van der Waals surface area contributed by atoms with E-state index in [9.17, 15) is 9.59 Å². The second kappa shape index (κ2) is 7.63. The highest BCUT2D eigenvalue weighted by Gasteiger charge is 2.53. The van der Waals surface area contributed by atoms with Crippen LogP contribution in [-0.4, -0.2) is 16.9 Å². The molecule has 2 aliphatic carbocycles. The van der Waals surface area contributed by atoms with Gasteiger partial charge >= 0.3 is 5.97 Å². The minimum absolute atomic E-state index is 0.140. The highest BCUT2D eigenvalue weighted by molar-refractivity contribution is 5.78. The standard InChI is InChI=1S/C22H36O3/c1-15(13-20(24)25)9-11-21(4)16(2)10-12-22(5)18(14-17(3)23)7-6-8-19(21)22/h7,15-16,19H,6,8-14H2,1-5H3,(H,24,25). The predicted molar refractivity (Wildman–Crippen MR) is 101 cm³/mol. The maximum absolute atomic E-state index is 11.8. The smallest absolute Gasteiger partial charge is 0.303 e. The molecule has 3 heteroatoms. The van der Waals surface area contributed by atoms with Gasteiger partial charge in [0.25, 0.3) is 0 Å². The number of carbonyl (C=O) groups excluding carboxylic acids is 1. The molecule has 2 aliphatic rings. The van der Waals surface area contributed by atoms with Gasteiger partial charge in [-0.25, -0.2) is 0 Å². The van der Waals surface area contributed by atoms with Gasteiger partial charge < -0.3 is 5.11 Å². The van der Waals surface area contributed by atoms with Crippen molar-refractivity contribution >= 4 is 11.8 Å². The van der Waals surface area contributed by atoms with Crippen molar-refractivity contribution in [3.63, 3.8) is 0 Å². The molecule has 0 aliphatic heterocycles. The Balaban J connectivity index is 2.21. The first-order valence-electron chi connectivity index (χ1n) is 10.0. The Hall–Kier alpha value is -1.12. The summed E-state index contributed by atoms with van der Waals surface area (Å²) in [7, 11) is 0. The topological polar surface area (TPSA) is 54.4 Å². The van der Waals surface area contributed by atoms with Gasteiger partial charge in [-0.2, -0.15) is 0 Å². The first kappa shape index (κ1) is 20.2. The normalized spacial score (nSPS) is 36.3. The first-order chi connectivity index (χ1) is 11.6. The summed E-state index contributed by atoms with van der Waals surface area (Å²) in [6, 6.07) is 0. The number of Topliss-reactive ketones (excluding diaryl/α,β-unsaturated/α-hetero) is 1. The summed E-state index contributed by atoms with van der Waals surface area (Å²) in [5.41, 5.74) is 1.74. The number of aliphatic carboxylic acids is 1. The van der Waals surface area contributed by atoms with E-state index >= 15 is 0 Å². The Morgan fingerprint density at radius 3 is 2.60 bits per heavy atom. The van der Waals surface area contributed by atoms with Gasteiger partial charge in [-0.15, -0.1) is 0 Å². The van der Waals surface area contributed by atoms with Crippen molar-refractivity contribution in [1.82, 2.24) is 0 Å². The fourth-order valence-corrected chi connectivity index (χ4v) is 5.70. The molecule has 1 fully saturated rings. The molecule has 0 saturated heterocycles. The van der Waals surface area contributed by atoms with E-state index in [-0.39, 0.29) is 29.0 Å². The molecule has 1 saturated carbocycles. The molecule has 0 spiro atoms. The van der Waals surface area contributed by atoms with Crippen molar-refractivity contribution in [3.05, 3.63) is 11.6 Å². The zero-order valence-corrected chi connectivity index (χ0v) is 16.7. The molecule has 2 rings (SSSR count). The maximum Gasteiger partial charge on any atom is 0.303 e. The summed E-state index contributed by atoms with van der Waals surface area (Å²) >= 11 is 0. The van der Waals surface area contributed by atoms with Crippen molar-refractivity contribution in [3.8, 4) is 0 Å². The third-order valence-corrected chi connectivity index (χ3v) is 7.51. The van der Waals surface area contributed by atoms with E-state index in [0.29, 0.717) is 18.3 Å². The number of hydrogen-bond donors (Lipinski definition) is 1. The van der Waals surface area contributed by atoms with E-state index in [1.165, 1.54) is 24.8 Å². The van der Waals surface area contributed by atoms with E-state index < -0.39 is 5.97 Å². The number of hydrogen-bond acceptors (Lipinski definition) is 2. The van der Waals surface area contributed by atoms with Gasteiger partial charge in [-0.3, -0.25) is 9.59 Å². The molecule has 0 amide bonds. The highest BCUT2D eigenvalue weighted by Crippen LogP contribution is 2.62. The molecule has 142 valence electrons. The number of carboxylic acids is 1. The number of carboxylic acid groups (broad SMARTS) is 1. The number of carbonyl (C=O) groups is 2. The lowest BCUT2D eigenvalue weighted by molar-refractivity contribution is -0.138. The molecule has 0 aromatic heterocycles. The van der Waals surface area contributed by atoms with Gasteiger partial charge in [0.05, 0.1) is 0 Å². The molecule has 5 atom stereocenters. The zero-order valence-electron chi connectivity index (χ0n) is 16.7. The lowest BCUT2D eigenvalue weighted by atomic mass is 9.46. The van der Waals surface area contributed by atoms with E-state index in [1.54, 1.807) is 6.92 Å². The molecule has 1 N–H and O–H groups in total. The SMILES string of the molecule is CC(=O)CC1=CCCC2C1(C)CCC(C)C2(C)CCC(C)CC(=O)O. The van der Waals surface area contributed by atoms with Gasteiger partial charge in [0.1, 0.15) is 5.78 Å². The summed E-state index contributed by atoms with van der Waals surface area (Å²) in [6.45, 7) is 11.0. The van der Waals surface area contributed by atoms with Gasteiger partial charge in [0, 0.05) is 12.8 Å². The van der Waals surface area contributed by atoms with Crippen molar-refractivity contribution in [2.45, 2.75) is 86.0 Å². The zero-order chi connectivity index (χ0) is 18.8. The molecule has 25 heavy (non-hydrogen) atoms. The molecule has 0 aromatic rings. The largest absolute Gasteiger partial charge is 0.481 e. The fraction of sp³-hybridized carbons (Fsp3) is 0.818. The second-order valence-electron chi connectivity index (χ2n) is 9.34. The maximum atomic E-state index is 11.8. The minimum Gasteiger partial charge on any atom is -0.481 e. The monoisotopic (exact) mass is 348 g/mol. The predicted octanol–water partition coefficient (Wildman–Crippen LogP) is 5.64. The lowest BCUT2D eigenvalue weighted by Gasteiger charge is -2.58. The summed E-state index contributed by atoms with van der Waals surface area (Å²) in [5.74, 6) is 1.05. The molecular formula is C22H36O3. The number of allylic oxidation sites excluding steroid dienone is 2. The molecule has 0 heterocycles. The van der Waals surface area contributed by atoms with Crippen LogP contribution in [0.5, 0.6) is 0 Å². The van der Waals surface area contributed by atoms with Crippen LogP contribution in [0.4, 0.5) is 0 Å². The molecule has 0 bridgehead atoms. The summed E-state index contributed by atoms with van der Waals surface area (Å²) in [6.07, 6.45) is 9.93. The van der Waals surface area contributed by atoms with Crippen molar-refractivity contribution in [1.29, 1.82) is 0 Å². The Morgan fingerprint density at radius 2 is 2.00 bits per heavy atom. The summed E-state index contributed by atoms with van der Waals surface area (Å²) in [4.78, 5) is 22.8. The Morgan fingerprint density at radius 1 is 1.32 bits per heavy atom. The van der Waals surface area contributed by atoms with Crippen molar-refractivity contribution in [2.24, 2.45) is 28.6 Å². The molecule has 5 unspecified atom stereocenters. The number of ketones is 1. The Labute approximate surface area is 153 Å². The van der Waals surface area contributed by atoms with Gasteiger partial charge in [-0.1, -0.05) is 39.3 Å². The molecule has 3 nitrogen and oxygen atoms in total. The Bertz CT molecular complexity index is 549. The van der Waals surface area contributed by atoms with E-state index in [0.717, 1.165) is 19.3 Å². The highest BCUT2D eigenvalue weighted by atomic mass is 16.4. The van der Waals surface area contributed by atoms with E-state index in [4.69, 9.17) is 5.11 Å².